The molecule has 1 aromatic carbocycles. The molecule has 2 unspecified atom stereocenters. The predicted octanol–water partition coefficient (Wildman–Crippen LogP) is 3.21. The summed E-state index contributed by atoms with van der Waals surface area (Å²) in [4.78, 5) is 10.4. The van der Waals surface area contributed by atoms with E-state index in [-0.39, 0.29) is 28.2 Å². The molecule has 19 heavy (non-hydrogen) atoms. The monoisotopic (exact) mass is 264 g/mol. The first-order valence-corrected chi connectivity index (χ1v) is 6.57. The van der Waals surface area contributed by atoms with E-state index in [1.54, 1.807) is 12.1 Å². The molecule has 5 nitrogen and oxygen atoms in total. The van der Waals surface area contributed by atoms with Crippen molar-refractivity contribution < 1.29 is 9.66 Å². The zero-order chi connectivity index (χ0) is 14.0. The van der Waals surface area contributed by atoms with Gasteiger partial charge in [0.2, 0.25) is 0 Å². The fraction of sp³-hybridized carbons (Fsp3) is 0.571. The number of hydrogen-bond donors (Lipinski definition) is 1. The Morgan fingerprint density at radius 2 is 2.26 bits per heavy atom. The first kappa shape index (κ1) is 13.8. The van der Waals surface area contributed by atoms with Gasteiger partial charge in [-0.3, -0.25) is 10.1 Å². The number of hydrogen-bond acceptors (Lipinski definition) is 4. The van der Waals surface area contributed by atoms with Crippen LogP contribution in [0.3, 0.4) is 0 Å². The molecular weight excluding hydrogens is 244 g/mol. The zero-order valence-corrected chi connectivity index (χ0v) is 11.6. The van der Waals surface area contributed by atoms with Gasteiger partial charge in [-0.1, -0.05) is 19.9 Å². The van der Waals surface area contributed by atoms with Crippen molar-refractivity contribution in [1.29, 1.82) is 0 Å². The van der Waals surface area contributed by atoms with Crippen molar-refractivity contribution in [2.75, 3.05) is 11.9 Å². The van der Waals surface area contributed by atoms with Gasteiger partial charge in [-0.25, -0.2) is 0 Å². The molecule has 5 heteroatoms. The van der Waals surface area contributed by atoms with Crippen molar-refractivity contribution >= 4 is 11.4 Å². The molecular formula is C14H20N2O3. The lowest BCUT2D eigenvalue weighted by Gasteiger charge is -2.52. The second-order valence-corrected chi connectivity index (χ2v) is 5.51. The van der Waals surface area contributed by atoms with Crippen LogP contribution in [-0.2, 0) is 4.74 Å². The molecule has 2 rings (SSSR count). The van der Waals surface area contributed by atoms with Crippen LogP contribution in [0.4, 0.5) is 11.4 Å². The molecule has 0 spiro atoms. The highest BCUT2D eigenvalue weighted by molar-refractivity contribution is 5.52. The summed E-state index contributed by atoms with van der Waals surface area (Å²) in [7, 11) is 0. The van der Waals surface area contributed by atoms with E-state index in [0.717, 1.165) is 18.7 Å². The van der Waals surface area contributed by atoms with Gasteiger partial charge < -0.3 is 10.1 Å². The normalized spacial score (nSPS) is 24.6. The maximum absolute atomic E-state index is 10.7. The van der Waals surface area contributed by atoms with Gasteiger partial charge in [-0.15, -0.1) is 0 Å². The minimum Gasteiger partial charge on any atom is -0.381 e. The van der Waals surface area contributed by atoms with Gasteiger partial charge in [-0.05, 0) is 19.4 Å². The van der Waals surface area contributed by atoms with Gasteiger partial charge in [0, 0.05) is 35.9 Å². The molecule has 0 aromatic heterocycles. The number of rotatable bonds is 5. The Kier molecular flexibility index (Phi) is 3.75. The molecule has 1 aliphatic rings. The molecule has 1 saturated carbocycles. The van der Waals surface area contributed by atoms with E-state index >= 15 is 0 Å². The highest BCUT2D eigenvalue weighted by Gasteiger charge is 2.48. The highest BCUT2D eigenvalue weighted by atomic mass is 16.6. The van der Waals surface area contributed by atoms with E-state index in [9.17, 15) is 10.1 Å². The Morgan fingerprint density at radius 1 is 1.53 bits per heavy atom. The van der Waals surface area contributed by atoms with Crippen molar-refractivity contribution in [2.24, 2.45) is 5.41 Å². The second kappa shape index (κ2) is 5.17. The first-order chi connectivity index (χ1) is 8.95. The van der Waals surface area contributed by atoms with Gasteiger partial charge in [0.25, 0.3) is 5.69 Å². The fourth-order valence-corrected chi connectivity index (χ4v) is 2.52. The molecule has 0 amide bonds. The Hall–Kier alpha value is -1.62. The van der Waals surface area contributed by atoms with Crippen molar-refractivity contribution in [1.82, 2.24) is 0 Å². The average molecular weight is 264 g/mol. The fourth-order valence-electron chi connectivity index (χ4n) is 2.52. The number of nitrogens with zero attached hydrogens (tertiary/aromatic N) is 1. The van der Waals surface area contributed by atoms with Crippen molar-refractivity contribution in [3.05, 3.63) is 34.4 Å². The summed E-state index contributed by atoms with van der Waals surface area (Å²) in [6.45, 7) is 7.03. The molecule has 0 aliphatic heterocycles. The van der Waals surface area contributed by atoms with Crippen LogP contribution in [0.5, 0.6) is 0 Å². The first-order valence-electron chi connectivity index (χ1n) is 6.57. The van der Waals surface area contributed by atoms with Gasteiger partial charge in [0.15, 0.2) is 0 Å². The van der Waals surface area contributed by atoms with Crippen LogP contribution in [0.1, 0.15) is 27.2 Å². The quantitative estimate of drug-likeness (QED) is 0.655. The van der Waals surface area contributed by atoms with E-state index in [2.05, 4.69) is 19.2 Å². The lowest BCUT2D eigenvalue weighted by molar-refractivity contribution is -0.384. The van der Waals surface area contributed by atoms with E-state index in [4.69, 9.17) is 4.74 Å². The third-order valence-corrected chi connectivity index (χ3v) is 3.94. The summed E-state index contributed by atoms with van der Waals surface area (Å²) in [6, 6.07) is 6.92. The third-order valence-electron chi connectivity index (χ3n) is 3.94. The smallest absolute Gasteiger partial charge is 0.271 e. The van der Waals surface area contributed by atoms with E-state index in [1.165, 1.54) is 6.07 Å². The maximum Gasteiger partial charge on any atom is 0.271 e. The SMILES string of the molecule is CCOC1CC(Nc2cccc([N+](=O)[O-])c2)C1(C)C. The summed E-state index contributed by atoms with van der Waals surface area (Å²) in [6.07, 6.45) is 1.19. The minimum atomic E-state index is -0.375. The standard InChI is InChI=1S/C14H20N2O3/c1-4-19-13-9-12(14(13,2)3)15-10-6-5-7-11(8-10)16(17)18/h5-8,12-13,15H,4,9H2,1-3H3. The molecule has 1 fully saturated rings. The van der Waals surface area contributed by atoms with Crippen molar-refractivity contribution in [3.63, 3.8) is 0 Å². The largest absolute Gasteiger partial charge is 0.381 e. The molecule has 2 atom stereocenters. The number of nitrogens with one attached hydrogen (secondary N) is 1. The van der Waals surface area contributed by atoms with Crippen molar-refractivity contribution in [3.8, 4) is 0 Å². The molecule has 104 valence electrons. The maximum atomic E-state index is 10.7. The van der Waals surface area contributed by atoms with Gasteiger partial charge >= 0.3 is 0 Å². The average Bonchev–Trinajstić information content (AvgIpc) is 2.38. The van der Waals surface area contributed by atoms with Crippen molar-refractivity contribution in [2.45, 2.75) is 39.3 Å². The molecule has 0 radical (unpaired) electrons. The molecule has 0 bridgehead atoms. The zero-order valence-electron chi connectivity index (χ0n) is 11.6. The van der Waals surface area contributed by atoms with E-state index in [1.807, 2.05) is 13.0 Å². The summed E-state index contributed by atoms with van der Waals surface area (Å²) in [5.41, 5.74) is 0.950. The number of benzene rings is 1. The Labute approximate surface area is 113 Å². The molecule has 0 saturated heterocycles. The lowest BCUT2D eigenvalue weighted by atomic mass is 9.64. The molecule has 0 heterocycles. The third kappa shape index (κ3) is 2.71. The number of nitro groups is 1. The Morgan fingerprint density at radius 3 is 2.84 bits per heavy atom. The van der Waals surface area contributed by atoms with Crippen LogP contribution < -0.4 is 5.32 Å². The second-order valence-electron chi connectivity index (χ2n) is 5.51. The molecule has 1 aliphatic carbocycles. The number of non-ortho nitro benzene ring substituents is 1. The molecule has 1 N–H and O–H groups in total. The van der Waals surface area contributed by atoms with E-state index < -0.39 is 0 Å². The minimum absolute atomic E-state index is 0.0423. The number of nitro benzene ring substituents is 1. The topological polar surface area (TPSA) is 64.4 Å². The Balaban J connectivity index is 2.03. The summed E-state index contributed by atoms with van der Waals surface area (Å²) < 4.78 is 5.67. The van der Waals surface area contributed by atoms with Gasteiger partial charge in [0.1, 0.15) is 0 Å². The van der Waals surface area contributed by atoms with Crippen LogP contribution in [0.15, 0.2) is 24.3 Å². The summed E-state index contributed by atoms with van der Waals surface area (Å²) >= 11 is 0. The highest BCUT2D eigenvalue weighted by Crippen LogP contribution is 2.44. The van der Waals surface area contributed by atoms with Crippen LogP contribution in [0, 0.1) is 15.5 Å². The van der Waals surface area contributed by atoms with E-state index in [0.29, 0.717) is 0 Å². The van der Waals surface area contributed by atoms with Gasteiger partial charge in [-0.2, -0.15) is 0 Å². The summed E-state index contributed by atoms with van der Waals surface area (Å²) in [5.74, 6) is 0. The Bertz CT molecular complexity index is 474. The summed E-state index contributed by atoms with van der Waals surface area (Å²) in [5, 5.41) is 14.1. The molecule has 1 aromatic rings. The van der Waals surface area contributed by atoms with Crippen LogP contribution in [-0.4, -0.2) is 23.7 Å². The van der Waals surface area contributed by atoms with Gasteiger partial charge in [0.05, 0.1) is 11.0 Å². The van der Waals surface area contributed by atoms with Crippen LogP contribution >= 0.6 is 0 Å². The number of anilines is 1. The predicted molar refractivity (Wildman–Crippen MR) is 74.3 cm³/mol. The lowest BCUT2D eigenvalue weighted by Crippen LogP contribution is -2.58. The van der Waals surface area contributed by atoms with Crippen LogP contribution in [0.25, 0.3) is 0 Å². The van der Waals surface area contributed by atoms with Crippen LogP contribution in [0.2, 0.25) is 0 Å². The number of ether oxygens (including phenoxy) is 1.